The zero-order valence-corrected chi connectivity index (χ0v) is 13.8. The zero-order chi connectivity index (χ0) is 16.5. The summed E-state index contributed by atoms with van der Waals surface area (Å²) in [6, 6.07) is 11.8. The number of para-hydroxylation sites is 1. The van der Waals surface area contributed by atoms with E-state index < -0.39 is 11.4 Å². The molecule has 1 atom stereocenters. The minimum absolute atomic E-state index is 0.819. The van der Waals surface area contributed by atoms with Crippen LogP contribution in [0.1, 0.15) is 0 Å². The Bertz CT molecular complexity index is 977. The van der Waals surface area contributed by atoms with Gasteiger partial charge in [-0.05, 0) is 18.2 Å². The van der Waals surface area contributed by atoms with Gasteiger partial charge >= 0.3 is 0 Å². The predicted octanol–water partition coefficient (Wildman–Crippen LogP) is 4.20. The van der Waals surface area contributed by atoms with Gasteiger partial charge in [-0.15, -0.1) is 0 Å². The number of aromatic nitrogens is 2. The lowest BCUT2D eigenvalue weighted by atomic mass is 10.0. The number of benzene rings is 1. The van der Waals surface area contributed by atoms with Crippen LogP contribution in [0.2, 0.25) is 0 Å². The Morgan fingerprint density at radius 1 is 1.17 bits per heavy atom. The molecule has 5 nitrogen and oxygen atoms in total. The van der Waals surface area contributed by atoms with E-state index in [1.165, 1.54) is 0 Å². The Morgan fingerprint density at radius 2 is 2.04 bits per heavy atom. The van der Waals surface area contributed by atoms with Gasteiger partial charge in [-0.3, -0.25) is 0 Å². The first-order valence-corrected chi connectivity index (χ1v) is 8.97. The molecule has 0 aliphatic carbocycles. The molecule has 0 aliphatic rings. The maximum absolute atomic E-state index is 11.5. The van der Waals surface area contributed by atoms with Crippen LogP contribution in [-0.2, 0) is 11.4 Å². The summed E-state index contributed by atoms with van der Waals surface area (Å²) < 4.78 is 19.7. The average Bonchev–Trinajstić information content (AvgIpc) is 3.23. The smallest absolute Gasteiger partial charge is 0.137 e. The number of aromatic amines is 1. The van der Waals surface area contributed by atoms with Gasteiger partial charge in [0, 0.05) is 40.0 Å². The SMILES string of the molecule is C[S+]([O-])Nc1ccccc1-c1cnc2[nH]cc(-c3ccoc3)c2c1. The number of anilines is 1. The molecule has 0 saturated carbocycles. The number of fused-ring (bicyclic) bond motifs is 1. The summed E-state index contributed by atoms with van der Waals surface area (Å²) in [5, 5.41) is 1.02. The van der Waals surface area contributed by atoms with Gasteiger partial charge in [0.2, 0.25) is 0 Å². The number of furan rings is 1. The minimum Gasteiger partial charge on any atom is -0.593 e. The number of H-pyrrole nitrogens is 1. The molecule has 2 N–H and O–H groups in total. The van der Waals surface area contributed by atoms with E-state index in [1.807, 2.05) is 42.7 Å². The first kappa shape index (κ1) is 14.9. The van der Waals surface area contributed by atoms with Gasteiger partial charge in [0.15, 0.2) is 0 Å². The Labute approximate surface area is 142 Å². The number of nitrogens with zero attached hydrogens (tertiary/aromatic N) is 1. The minimum atomic E-state index is -1.14. The second kappa shape index (κ2) is 6.07. The van der Waals surface area contributed by atoms with Crippen LogP contribution in [0.3, 0.4) is 0 Å². The predicted molar refractivity (Wildman–Crippen MR) is 96.9 cm³/mol. The van der Waals surface area contributed by atoms with E-state index in [-0.39, 0.29) is 0 Å². The fourth-order valence-electron chi connectivity index (χ4n) is 2.79. The summed E-state index contributed by atoms with van der Waals surface area (Å²) >= 11 is -1.14. The van der Waals surface area contributed by atoms with Gasteiger partial charge in [-0.2, -0.15) is 0 Å². The van der Waals surface area contributed by atoms with Gasteiger partial charge in [-0.1, -0.05) is 18.2 Å². The molecule has 0 aliphatic heterocycles. The topological polar surface area (TPSA) is 76.9 Å². The molecule has 0 spiro atoms. The summed E-state index contributed by atoms with van der Waals surface area (Å²) in [4.78, 5) is 7.70. The van der Waals surface area contributed by atoms with Crippen molar-refractivity contribution >= 4 is 28.1 Å². The molecule has 0 saturated heterocycles. The van der Waals surface area contributed by atoms with Gasteiger partial charge in [0.1, 0.15) is 11.9 Å². The van der Waals surface area contributed by atoms with E-state index in [0.29, 0.717) is 0 Å². The number of hydrogen-bond donors (Lipinski definition) is 2. The highest BCUT2D eigenvalue weighted by molar-refractivity contribution is 7.92. The van der Waals surface area contributed by atoms with Crippen molar-refractivity contribution in [1.82, 2.24) is 9.97 Å². The fourth-order valence-corrected chi connectivity index (χ4v) is 3.27. The van der Waals surface area contributed by atoms with Crippen LogP contribution < -0.4 is 4.72 Å². The summed E-state index contributed by atoms with van der Waals surface area (Å²) in [6.45, 7) is 0. The first-order valence-electron chi connectivity index (χ1n) is 7.41. The average molecular weight is 337 g/mol. The van der Waals surface area contributed by atoms with Crippen molar-refractivity contribution in [2.24, 2.45) is 0 Å². The Balaban J connectivity index is 1.85. The largest absolute Gasteiger partial charge is 0.593 e. The van der Waals surface area contributed by atoms with Crippen molar-refractivity contribution in [2.75, 3.05) is 11.0 Å². The number of hydrogen-bond acceptors (Lipinski definition) is 4. The highest BCUT2D eigenvalue weighted by Gasteiger charge is 2.12. The van der Waals surface area contributed by atoms with E-state index in [4.69, 9.17) is 4.42 Å². The van der Waals surface area contributed by atoms with Gasteiger partial charge < -0.3 is 14.0 Å². The van der Waals surface area contributed by atoms with E-state index in [1.54, 1.807) is 18.8 Å². The van der Waals surface area contributed by atoms with Crippen molar-refractivity contribution in [2.45, 2.75) is 0 Å². The molecular formula is C18H15N3O2S. The molecule has 4 aromatic rings. The molecule has 3 heterocycles. The third-order valence-corrected chi connectivity index (χ3v) is 4.36. The Hall–Kier alpha value is -2.70. The lowest BCUT2D eigenvalue weighted by Gasteiger charge is -2.12. The van der Waals surface area contributed by atoms with E-state index in [2.05, 4.69) is 20.8 Å². The molecule has 1 unspecified atom stereocenters. The van der Waals surface area contributed by atoms with Gasteiger partial charge in [0.25, 0.3) is 0 Å². The zero-order valence-electron chi connectivity index (χ0n) is 12.9. The van der Waals surface area contributed by atoms with Gasteiger partial charge in [0.05, 0.1) is 29.6 Å². The monoisotopic (exact) mass is 337 g/mol. The molecule has 24 heavy (non-hydrogen) atoms. The fraction of sp³-hybridized carbons (Fsp3) is 0.0556. The third kappa shape index (κ3) is 2.66. The maximum Gasteiger partial charge on any atom is 0.137 e. The lowest BCUT2D eigenvalue weighted by molar-refractivity contribution is 0.568. The van der Waals surface area contributed by atoms with Crippen LogP contribution in [0, 0.1) is 0 Å². The van der Waals surface area contributed by atoms with Crippen molar-refractivity contribution in [3.8, 4) is 22.3 Å². The highest BCUT2D eigenvalue weighted by atomic mass is 32.2. The molecular weight excluding hydrogens is 322 g/mol. The van der Waals surface area contributed by atoms with Crippen molar-refractivity contribution in [3.05, 3.63) is 61.3 Å². The number of nitrogens with one attached hydrogen (secondary N) is 2. The normalized spacial score (nSPS) is 12.4. The molecule has 0 fully saturated rings. The molecule has 1 aromatic carbocycles. The summed E-state index contributed by atoms with van der Waals surface area (Å²) in [7, 11) is 0. The molecule has 4 rings (SSSR count). The molecule has 3 aromatic heterocycles. The Morgan fingerprint density at radius 3 is 2.83 bits per heavy atom. The second-order valence-corrected chi connectivity index (χ2v) is 6.55. The van der Waals surface area contributed by atoms with E-state index in [9.17, 15) is 4.55 Å². The van der Waals surface area contributed by atoms with Crippen LogP contribution in [0.5, 0.6) is 0 Å². The third-order valence-electron chi connectivity index (χ3n) is 3.86. The van der Waals surface area contributed by atoms with E-state index in [0.717, 1.165) is 39.0 Å². The van der Waals surface area contributed by atoms with Crippen molar-refractivity contribution in [1.29, 1.82) is 0 Å². The molecule has 0 amide bonds. The lowest BCUT2D eigenvalue weighted by Crippen LogP contribution is -2.10. The van der Waals surface area contributed by atoms with Gasteiger partial charge in [-0.25, -0.2) is 9.71 Å². The maximum atomic E-state index is 11.5. The van der Waals surface area contributed by atoms with Crippen LogP contribution in [0.4, 0.5) is 5.69 Å². The molecule has 6 heteroatoms. The van der Waals surface area contributed by atoms with Crippen molar-refractivity contribution < 1.29 is 8.97 Å². The summed E-state index contributed by atoms with van der Waals surface area (Å²) in [5.41, 5.74) is 5.60. The van der Waals surface area contributed by atoms with Crippen LogP contribution in [0.25, 0.3) is 33.3 Å². The number of pyridine rings is 1. The molecule has 0 bridgehead atoms. The molecule has 120 valence electrons. The van der Waals surface area contributed by atoms with Crippen LogP contribution in [0.15, 0.2) is 65.7 Å². The highest BCUT2D eigenvalue weighted by Crippen LogP contribution is 2.33. The Kier molecular flexibility index (Phi) is 3.76. The summed E-state index contributed by atoms with van der Waals surface area (Å²) in [6.07, 6.45) is 8.72. The second-order valence-electron chi connectivity index (χ2n) is 5.44. The summed E-state index contributed by atoms with van der Waals surface area (Å²) in [5.74, 6) is 0. The van der Waals surface area contributed by atoms with Crippen molar-refractivity contribution in [3.63, 3.8) is 0 Å². The molecule has 0 radical (unpaired) electrons. The number of rotatable bonds is 4. The quantitative estimate of drug-likeness (QED) is 0.547. The first-order chi connectivity index (χ1) is 11.7. The standard InChI is InChI=1S/C18H15N3O2S/c1-24(22)21-17-5-3-2-4-14(17)13-8-15-16(12-6-7-23-11-12)10-20-18(15)19-9-13/h2-11,21H,1H3,(H,19,20). The van der Waals surface area contributed by atoms with Crippen LogP contribution >= 0.6 is 0 Å². The van der Waals surface area contributed by atoms with E-state index >= 15 is 0 Å². The van der Waals surface area contributed by atoms with Crippen LogP contribution in [-0.4, -0.2) is 20.8 Å².